The summed E-state index contributed by atoms with van der Waals surface area (Å²) in [6, 6.07) is 20.7. The van der Waals surface area contributed by atoms with E-state index in [-0.39, 0.29) is 17.1 Å². The van der Waals surface area contributed by atoms with Crippen molar-refractivity contribution in [3.63, 3.8) is 0 Å². The van der Waals surface area contributed by atoms with Crippen LogP contribution in [0.4, 0.5) is 14.5 Å². The lowest BCUT2D eigenvalue weighted by Crippen LogP contribution is -2.13. The number of ether oxygens (including phenoxy) is 1. The third-order valence-electron chi connectivity index (χ3n) is 4.41. The van der Waals surface area contributed by atoms with Crippen LogP contribution < -0.4 is 15.8 Å². The van der Waals surface area contributed by atoms with Crippen molar-refractivity contribution in [1.82, 2.24) is 9.78 Å². The van der Waals surface area contributed by atoms with Gasteiger partial charge in [0.05, 0.1) is 18.4 Å². The lowest BCUT2D eigenvalue weighted by molar-refractivity contribution is 0.0995. The van der Waals surface area contributed by atoms with Crippen LogP contribution in [-0.2, 0) is 0 Å². The first-order valence-corrected chi connectivity index (χ1v) is 9.67. The smallest absolute Gasteiger partial charge is 0.276 e. The molecule has 168 valence electrons. The van der Waals surface area contributed by atoms with Crippen molar-refractivity contribution in [2.75, 3.05) is 12.5 Å². The van der Waals surface area contributed by atoms with Crippen molar-refractivity contribution < 1.29 is 23.1 Å². The molecule has 4 aromatic rings. The molecule has 0 saturated carbocycles. The Morgan fingerprint density at radius 2 is 1.61 bits per heavy atom. The summed E-state index contributed by atoms with van der Waals surface area (Å²) in [4.78, 5) is 24.0. The van der Waals surface area contributed by atoms with E-state index in [1.165, 1.54) is 16.8 Å². The summed E-state index contributed by atoms with van der Waals surface area (Å²) in [5.41, 5.74) is 7.02. The molecule has 0 aliphatic heterocycles. The van der Waals surface area contributed by atoms with Gasteiger partial charge in [-0.25, -0.2) is 9.07 Å². The number of hydrogen-bond acceptors (Lipinski definition) is 4. The molecule has 0 bridgehead atoms. The first-order chi connectivity index (χ1) is 16.0. The third kappa shape index (κ3) is 5.79. The number of hydrogen-bond donors (Lipinski definition) is 2. The van der Waals surface area contributed by atoms with Gasteiger partial charge < -0.3 is 15.8 Å². The Labute approximate surface area is 188 Å². The average molecular weight is 450 g/mol. The second kappa shape index (κ2) is 10.7. The molecular formula is C24H20F2N4O3. The van der Waals surface area contributed by atoms with Gasteiger partial charge in [0.25, 0.3) is 11.8 Å². The lowest BCUT2D eigenvalue weighted by atomic mass is 10.2. The number of amides is 2. The SMILES string of the molecule is CF.NC(=O)c1ccccc1Oc1ccc(NC(=O)c2ccn(-c3ccc(F)cc3)n2)cc1. The zero-order valence-electron chi connectivity index (χ0n) is 17.5. The van der Waals surface area contributed by atoms with E-state index in [4.69, 9.17) is 10.5 Å². The van der Waals surface area contributed by atoms with Crippen LogP contribution in [0.2, 0.25) is 0 Å². The summed E-state index contributed by atoms with van der Waals surface area (Å²) in [5, 5.41) is 6.97. The minimum Gasteiger partial charge on any atom is -0.457 e. The molecule has 4 rings (SSSR count). The van der Waals surface area contributed by atoms with E-state index in [1.54, 1.807) is 72.9 Å². The van der Waals surface area contributed by atoms with Crippen molar-refractivity contribution in [2.45, 2.75) is 0 Å². The molecule has 1 aromatic heterocycles. The first-order valence-electron chi connectivity index (χ1n) is 9.67. The van der Waals surface area contributed by atoms with E-state index in [1.807, 2.05) is 0 Å². The lowest BCUT2D eigenvalue weighted by Gasteiger charge is -2.10. The van der Waals surface area contributed by atoms with Crippen LogP contribution in [0.5, 0.6) is 11.5 Å². The molecule has 0 unspecified atom stereocenters. The molecule has 9 heteroatoms. The van der Waals surface area contributed by atoms with Gasteiger partial charge in [0.15, 0.2) is 5.69 Å². The number of rotatable bonds is 6. The van der Waals surface area contributed by atoms with E-state index < -0.39 is 11.8 Å². The number of para-hydroxylation sites is 1. The summed E-state index contributed by atoms with van der Waals surface area (Å²) >= 11 is 0. The summed E-state index contributed by atoms with van der Waals surface area (Å²) in [6.07, 6.45) is 1.62. The third-order valence-corrected chi connectivity index (χ3v) is 4.41. The van der Waals surface area contributed by atoms with Crippen molar-refractivity contribution in [3.8, 4) is 17.2 Å². The second-order valence-corrected chi connectivity index (χ2v) is 6.56. The predicted molar refractivity (Wildman–Crippen MR) is 120 cm³/mol. The van der Waals surface area contributed by atoms with E-state index in [2.05, 4.69) is 10.4 Å². The number of carbonyl (C=O) groups is 2. The van der Waals surface area contributed by atoms with Gasteiger partial charge >= 0.3 is 0 Å². The zero-order valence-corrected chi connectivity index (χ0v) is 17.5. The highest BCUT2D eigenvalue weighted by atomic mass is 19.1. The molecule has 0 fully saturated rings. The van der Waals surface area contributed by atoms with Gasteiger partial charge in [0.2, 0.25) is 0 Å². The van der Waals surface area contributed by atoms with Crippen LogP contribution in [-0.4, -0.2) is 28.8 Å². The Bertz CT molecular complexity index is 1240. The summed E-state index contributed by atoms with van der Waals surface area (Å²) in [6.45, 7) is 0. The molecule has 0 aliphatic rings. The van der Waals surface area contributed by atoms with Crippen molar-refractivity contribution in [2.24, 2.45) is 5.73 Å². The Balaban J connectivity index is 0.00000149. The van der Waals surface area contributed by atoms with Crippen LogP contribution in [0.15, 0.2) is 85.1 Å². The molecule has 0 radical (unpaired) electrons. The molecule has 0 saturated heterocycles. The fourth-order valence-electron chi connectivity index (χ4n) is 2.87. The number of primary amides is 1. The monoisotopic (exact) mass is 450 g/mol. The summed E-state index contributed by atoms with van der Waals surface area (Å²) in [7, 11) is 0.500. The largest absolute Gasteiger partial charge is 0.457 e. The molecule has 1 heterocycles. The summed E-state index contributed by atoms with van der Waals surface area (Å²) < 4.78 is 29.8. The Kier molecular flexibility index (Phi) is 7.48. The number of benzene rings is 3. The number of halogens is 2. The van der Waals surface area contributed by atoms with E-state index in [0.29, 0.717) is 30.1 Å². The van der Waals surface area contributed by atoms with E-state index >= 15 is 0 Å². The molecule has 0 spiro atoms. The Morgan fingerprint density at radius 3 is 2.27 bits per heavy atom. The van der Waals surface area contributed by atoms with Crippen LogP contribution in [0.25, 0.3) is 5.69 Å². The van der Waals surface area contributed by atoms with E-state index in [0.717, 1.165) is 0 Å². The van der Waals surface area contributed by atoms with Gasteiger partial charge in [-0.05, 0) is 66.7 Å². The maximum Gasteiger partial charge on any atom is 0.276 e. The zero-order chi connectivity index (χ0) is 23.8. The molecule has 2 amide bonds. The van der Waals surface area contributed by atoms with Gasteiger partial charge in [-0.1, -0.05) is 12.1 Å². The standard InChI is InChI=1S/C23H17FN4O3.CH3F/c24-15-5-9-17(10-6-15)28-14-13-20(27-28)23(30)26-16-7-11-18(12-8-16)31-21-4-2-1-3-19(21)22(25)29;1-2/h1-14H,(H2,25,29)(H,26,30);1H3. The topological polar surface area (TPSA) is 99.2 Å². The molecule has 7 nitrogen and oxygen atoms in total. The normalized spacial score (nSPS) is 10.0. The molecular weight excluding hydrogens is 430 g/mol. The number of nitrogens with one attached hydrogen (secondary N) is 1. The predicted octanol–water partition coefficient (Wildman–Crippen LogP) is 4.74. The van der Waals surface area contributed by atoms with Crippen LogP contribution in [0, 0.1) is 5.82 Å². The van der Waals surface area contributed by atoms with Crippen molar-refractivity contribution >= 4 is 17.5 Å². The van der Waals surface area contributed by atoms with Gasteiger partial charge in [-0.2, -0.15) is 5.10 Å². The van der Waals surface area contributed by atoms with Gasteiger partial charge in [-0.15, -0.1) is 0 Å². The van der Waals surface area contributed by atoms with Crippen LogP contribution >= 0.6 is 0 Å². The highest BCUT2D eigenvalue weighted by molar-refractivity contribution is 6.02. The molecule has 33 heavy (non-hydrogen) atoms. The van der Waals surface area contributed by atoms with Crippen LogP contribution in [0.3, 0.4) is 0 Å². The fourth-order valence-corrected chi connectivity index (χ4v) is 2.87. The number of carbonyl (C=O) groups excluding carboxylic acids is 2. The number of aromatic nitrogens is 2. The average Bonchev–Trinajstić information content (AvgIpc) is 3.33. The maximum atomic E-state index is 13.1. The number of anilines is 1. The van der Waals surface area contributed by atoms with Crippen LogP contribution in [0.1, 0.15) is 20.8 Å². The van der Waals surface area contributed by atoms with Crippen molar-refractivity contribution in [1.29, 1.82) is 0 Å². The number of nitrogens with two attached hydrogens (primary N) is 1. The maximum absolute atomic E-state index is 13.1. The minimum absolute atomic E-state index is 0.208. The van der Waals surface area contributed by atoms with Gasteiger partial charge in [0, 0.05) is 11.9 Å². The fraction of sp³-hybridized carbons (Fsp3) is 0.0417. The molecule has 0 aliphatic carbocycles. The molecule has 3 N–H and O–H groups in total. The van der Waals surface area contributed by atoms with E-state index in [9.17, 15) is 18.4 Å². The molecule has 0 atom stereocenters. The highest BCUT2D eigenvalue weighted by Crippen LogP contribution is 2.26. The Morgan fingerprint density at radius 1 is 0.939 bits per heavy atom. The second-order valence-electron chi connectivity index (χ2n) is 6.56. The number of alkyl halides is 1. The first kappa shape index (κ1) is 23.1. The summed E-state index contributed by atoms with van der Waals surface area (Å²) in [5.74, 6) is -0.502. The van der Waals surface area contributed by atoms with Crippen molar-refractivity contribution in [3.05, 3.63) is 102 Å². The minimum atomic E-state index is -0.584. The number of nitrogens with zero attached hydrogens (tertiary/aromatic N) is 2. The molecule has 3 aromatic carbocycles. The Hall–Kier alpha value is -4.53. The quantitative estimate of drug-likeness (QED) is 0.443. The highest BCUT2D eigenvalue weighted by Gasteiger charge is 2.12. The van der Waals surface area contributed by atoms with Gasteiger partial charge in [-0.3, -0.25) is 14.0 Å². The van der Waals surface area contributed by atoms with Gasteiger partial charge in [0.1, 0.15) is 17.3 Å².